The standard InChI is InChI=1S/C16H16Cl2N2S2/c17-13-5-3-4-12(10-13)11-22-9-8-19-16(21)20-15-7-2-1-6-14(15)18/h1-7,10H,8-9,11H2,(H2,19,20,21). The third kappa shape index (κ3) is 6.05. The van der Waals surface area contributed by atoms with Crippen LogP contribution in [0.5, 0.6) is 0 Å². The molecule has 0 bridgehead atoms. The van der Waals surface area contributed by atoms with E-state index in [0.29, 0.717) is 10.1 Å². The molecule has 0 aliphatic rings. The van der Waals surface area contributed by atoms with E-state index in [1.165, 1.54) is 5.56 Å². The van der Waals surface area contributed by atoms with Crippen molar-refractivity contribution in [2.45, 2.75) is 5.75 Å². The molecule has 0 fully saturated rings. The van der Waals surface area contributed by atoms with E-state index in [-0.39, 0.29) is 0 Å². The molecule has 2 rings (SSSR count). The van der Waals surface area contributed by atoms with Crippen LogP contribution in [0.15, 0.2) is 48.5 Å². The number of para-hydroxylation sites is 1. The first-order valence-electron chi connectivity index (χ1n) is 6.77. The molecule has 0 radical (unpaired) electrons. The van der Waals surface area contributed by atoms with Crippen molar-refractivity contribution in [1.82, 2.24) is 5.32 Å². The van der Waals surface area contributed by atoms with E-state index in [1.54, 1.807) is 0 Å². The molecule has 0 amide bonds. The molecule has 2 nitrogen and oxygen atoms in total. The van der Waals surface area contributed by atoms with Gasteiger partial charge in [0.05, 0.1) is 10.7 Å². The summed E-state index contributed by atoms with van der Waals surface area (Å²) in [6, 6.07) is 15.4. The molecule has 2 aromatic rings. The fourth-order valence-corrected chi connectivity index (χ4v) is 3.20. The van der Waals surface area contributed by atoms with E-state index in [1.807, 2.05) is 54.2 Å². The first-order valence-corrected chi connectivity index (χ1v) is 9.08. The van der Waals surface area contributed by atoms with Gasteiger partial charge in [0.25, 0.3) is 0 Å². The Bertz CT molecular complexity index is 635. The van der Waals surface area contributed by atoms with Crippen LogP contribution in [0.3, 0.4) is 0 Å². The molecule has 0 atom stereocenters. The van der Waals surface area contributed by atoms with E-state index in [0.717, 1.165) is 28.8 Å². The van der Waals surface area contributed by atoms with Gasteiger partial charge in [-0.25, -0.2) is 0 Å². The average Bonchev–Trinajstić information content (AvgIpc) is 2.49. The van der Waals surface area contributed by atoms with Gasteiger partial charge in [-0.1, -0.05) is 47.5 Å². The number of halogens is 2. The van der Waals surface area contributed by atoms with Gasteiger partial charge >= 0.3 is 0 Å². The van der Waals surface area contributed by atoms with Crippen molar-refractivity contribution in [1.29, 1.82) is 0 Å². The van der Waals surface area contributed by atoms with Crippen molar-refractivity contribution >= 4 is 58.0 Å². The van der Waals surface area contributed by atoms with Gasteiger partial charge in [0, 0.05) is 23.1 Å². The molecule has 0 spiro atoms. The molecule has 0 aliphatic carbocycles. The monoisotopic (exact) mass is 370 g/mol. The summed E-state index contributed by atoms with van der Waals surface area (Å²) >= 11 is 19.1. The number of hydrogen-bond donors (Lipinski definition) is 2. The van der Waals surface area contributed by atoms with Gasteiger partial charge in [0.2, 0.25) is 0 Å². The number of nitrogens with one attached hydrogen (secondary N) is 2. The van der Waals surface area contributed by atoms with Gasteiger partial charge in [-0.3, -0.25) is 0 Å². The van der Waals surface area contributed by atoms with Crippen LogP contribution < -0.4 is 10.6 Å². The van der Waals surface area contributed by atoms with Crippen LogP contribution in [0.2, 0.25) is 10.0 Å². The zero-order valence-electron chi connectivity index (χ0n) is 11.8. The van der Waals surface area contributed by atoms with Gasteiger partial charge < -0.3 is 10.6 Å². The predicted molar refractivity (Wildman–Crippen MR) is 103 cm³/mol. The second-order valence-corrected chi connectivity index (χ2v) is 6.90. The zero-order valence-corrected chi connectivity index (χ0v) is 15.0. The van der Waals surface area contributed by atoms with Crippen molar-refractivity contribution in [3.05, 3.63) is 64.1 Å². The third-order valence-corrected chi connectivity index (χ3v) is 4.65. The SMILES string of the molecule is S=C(NCCSCc1cccc(Cl)c1)Nc1ccccc1Cl. The van der Waals surface area contributed by atoms with E-state index in [2.05, 4.69) is 16.7 Å². The van der Waals surface area contributed by atoms with Gasteiger partial charge in [-0.05, 0) is 42.0 Å². The van der Waals surface area contributed by atoms with Crippen LogP contribution >= 0.6 is 47.2 Å². The maximum atomic E-state index is 6.07. The second kappa shape index (κ2) is 9.26. The molecule has 0 saturated heterocycles. The molecule has 0 saturated carbocycles. The number of hydrogen-bond acceptors (Lipinski definition) is 2. The van der Waals surface area contributed by atoms with Crippen LogP contribution in [0.4, 0.5) is 5.69 Å². The summed E-state index contributed by atoms with van der Waals surface area (Å²) in [7, 11) is 0. The highest BCUT2D eigenvalue weighted by Gasteiger charge is 2.01. The summed E-state index contributed by atoms with van der Waals surface area (Å²) in [6.07, 6.45) is 0. The van der Waals surface area contributed by atoms with Crippen LogP contribution in [-0.4, -0.2) is 17.4 Å². The summed E-state index contributed by atoms with van der Waals surface area (Å²) in [5.74, 6) is 1.89. The summed E-state index contributed by atoms with van der Waals surface area (Å²) in [4.78, 5) is 0. The van der Waals surface area contributed by atoms with E-state index in [9.17, 15) is 0 Å². The fourth-order valence-electron chi connectivity index (χ4n) is 1.78. The highest BCUT2D eigenvalue weighted by Crippen LogP contribution is 2.20. The van der Waals surface area contributed by atoms with Crippen molar-refractivity contribution < 1.29 is 0 Å². The first kappa shape index (κ1) is 17.4. The summed E-state index contributed by atoms with van der Waals surface area (Å²) in [5, 5.41) is 8.27. The van der Waals surface area contributed by atoms with Crippen molar-refractivity contribution in [2.24, 2.45) is 0 Å². The number of rotatable bonds is 6. The Hall–Kier alpha value is -0.940. The topological polar surface area (TPSA) is 24.1 Å². The van der Waals surface area contributed by atoms with Gasteiger partial charge in [0.15, 0.2) is 5.11 Å². The zero-order chi connectivity index (χ0) is 15.8. The largest absolute Gasteiger partial charge is 0.362 e. The van der Waals surface area contributed by atoms with E-state index >= 15 is 0 Å². The molecule has 0 unspecified atom stereocenters. The molecular weight excluding hydrogens is 355 g/mol. The maximum Gasteiger partial charge on any atom is 0.170 e. The van der Waals surface area contributed by atoms with Crippen LogP contribution in [0, 0.1) is 0 Å². The highest BCUT2D eigenvalue weighted by atomic mass is 35.5. The minimum Gasteiger partial charge on any atom is -0.362 e. The molecule has 22 heavy (non-hydrogen) atoms. The number of thiocarbonyl (C=S) groups is 1. The van der Waals surface area contributed by atoms with Gasteiger partial charge in [-0.2, -0.15) is 11.8 Å². The van der Waals surface area contributed by atoms with Crippen molar-refractivity contribution in [3.63, 3.8) is 0 Å². The first-order chi connectivity index (χ1) is 10.6. The molecule has 116 valence electrons. The van der Waals surface area contributed by atoms with E-state index in [4.69, 9.17) is 35.4 Å². The third-order valence-electron chi connectivity index (χ3n) is 2.81. The van der Waals surface area contributed by atoms with Gasteiger partial charge in [-0.15, -0.1) is 0 Å². The molecule has 2 aromatic carbocycles. The summed E-state index contributed by atoms with van der Waals surface area (Å²) < 4.78 is 0. The number of thioether (sulfide) groups is 1. The lowest BCUT2D eigenvalue weighted by Crippen LogP contribution is -2.30. The summed E-state index contributed by atoms with van der Waals surface area (Å²) in [5.41, 5.74) is 2.04. The molecule has 0 heterocycles. The van der Waals surface area contributed by atoms with Crippen LogP contribution in [-0.2, 0) is 5.75 Å². The molecule has 0 aromatic heterocycles. The minimum atomic E-state index is 0.580. The molecular formula is C16H16Cl2N2S2. The predicted octanol–water partition coefficient (Wildman–Crippen LogP) is 5.21. The van der Waals surface area contributed by atoms with Gasteiger partial charge in [0.1, 0.15) is 0 Å². The molecule has 6 heteroatoms. The normalized spacial score (nSPS) is 10.3. The Morgan fingerprint density at radius 2 is 1.91 bits per heavy atom. The molecule has 0 aliphatic heterocycles. The van der Waals surface area contributed by atoms with Crippen LogP contribution in [0.1, 0.15) is 5.56 Å². The lowest BCUT2D eigenvalue weighted by molar-refractivity contribution is 0.990. The lowest BCUT2D eigenvalue weighted by atomic mass is 10.2. The van der Waals surface area contributed by atoms with E-state index < -0.39 is 0 Å². The van der Waals surface area contributed by atoms with Crippen molar-refractivity contribution in [3.8, 4) is 0 Å². The Balaban J connectivity index is 1.64. The second-order valence-electron chi connectivity index (χ2n) is 4.54. The average molecular weight is 371 g/mol. The lowest BCUT2D eigenvalue weighted by Gasteiger charge is -2.11. The van der Waals surface area contributed by atoms with Crippen LogP contribution in [0.25, 0.3) is 0 Å². The minimum absolute atomic E-state index is 0.580. The Kier molecular flexibility index (Phi) is 7.33. The number of anilines is 1. The smallest absolute Gasteiger partial charge is 0.170 e. The van der Waals surface area contributed by atoms with Crippen molar-refractivity contribution in [2.75, 3.05) is 17.6 Å². The molecule has 2 N–H and O–H groups in total. The summed E-state index contributed by atoms with van der Waals surface area (Å²) in [6.45, 7) is 0.793. The maximum absolute atomic E-state index is 6.07. The fraction of sp³-hybridized carbons (Fsp3) is 0.188. The number of benzene rings is 2. The quantitative estimate of drug-likeness (QED) is 0.538. The Morgan fingerprint density at radius 3 is 2.68 bits per heavy atom. The Morgan fingerprint density at radius 1 is 1.09 bits per heavy atom. The Labute approximate surface area is 150 Å². The highest BCUT2D eigenvalue weighted by molar-refractivity contribution is 7.98.